The number of nitrogen functional groups attached to an aromatic ring is 1. The van der Waals surface area contributed by atoms with Gasteiger partial charge in [0.2, 0.25) is 0 Å². The van der Waals surface area contributed by atoms with Crippen LogP contribution in [-0.4, -0.2) is 4.98 Å². The number of pyridine rings is 1. The van der Waals surface area contributed by atoms with Crippen molar-refractivity contribution >= 4 is 61.6 Å². The van der Waals surface area contributed by atoms with Gasteiger partial charge < -0.3 is 10.2 Å². The number of hydrogen-bond acceptors (Lipinski definition) is 5. The number of hydrogen-bond donors (Lipinski definition) is 1. The van der Waals surface area contributed by atoms with Crippen molar-refractivity contribution in [3.63, 3.8) is 0 Å². The molecule has 0 saturated carbocycles. The van der Waals surface area contributed by atoms with Gasteiger partial charge in [0.25, 0.3) is 0 Å². The zero-order chi connectivity index (χ0) is 17.6. The highest BCUT2D eigenvalue weighted by atomic mass is 127. The summed E-state index contributed by atoms with van der Waals surface area (Å²) in [6.07, 6.45) is 1.86. The van der Waals surface area contributed by atoms with E-state index in [9.17, 15) is 10.5 Å². The summed E-state index contributed by atoms with van der Waals surface area (Å²) in [4.78, 5) is 4.30. The van der Waals surface area contributed by atoms with E-state index in [-0.39, 0.29) is 5.82 Å². The van der Waals surface area contributed by atoms with Gasteiger partial charge in [0.05, 0.1) is 21.3 Å². The maximum Gasteiger partial charge on any atom is 0.178 e. The summed E-state index contributed by atoms with van der Waals surface area (Å²) in [6.45, 7) is 3.68. The molecule has 2 aromatic rings. The molecule has 2 heterocycles. The van der Waals surface area contributed by atoms with Crippen molar-refractivity contribution in [3.05, 3.63) is 48.0 Å². The summed E-state index contributed by atoms with van der Waals surface area (Å²) in [5.41, 5.74) is 10.3. The molecule has 118 valence electrons. The molecule has 0 saturated heterocycles. The molecule has 7 heteroatoms. The Morgan fingerprint density at radius 1 is 1.33 bits per heavy atom. The predicted molar refractivity (Wildman–Crippen MR) is 103 cm³/mol. The monoisotopic (exact) mass is 492 g/mol. The lowest BCUT2D eigenvalue weighted by atomic mass is 9.96. The van der Waals surface area contributed by atoms with Crippen LogP contribution < -0.4 is 5.73 Å². The summed E-state index contributed by atoms with van der Waals surface area (Å²) in [5.74, 6) is 0.798. The van der Waals surface area contributed by atoms with Gasteiger partial charge in [-0.15, -0.1) is 0 Å². The van der Waals surface area contributed by atoms with Crippen LogP contribution in [0.2, 0.25) is 0 Å². The first-order valence-corrected chi connectivity index (χ1v) is 8.75. The van der Waals surface area contributed by atoms with Crippen LogP contribution in [0.3, 0.4) is 0 Å². The van der Waals surface area contributed by atoms with Crippen LogP contribution in [0.15, 0.2) is 20.5 Å². The van der Waals surface area contributed by atoms with Crippen molar-refractivity contribution in [2.75, 3.05) is 5.73 Å². The summed E-state index contributed by atoms with van der Waals surface area (Å²) in [7, 11) is 0. The predicted octanol–water partition coefficient (Wildman–Crippen LogP) is 4.66. The van der Waals surface area contributed by atoms with Gasteiger partial charge in [-0.3, -0.25) is 0 Å². The standard InChI is InChI=1S/C17H10BrIN4O/c1-7-10(3-9-4-13(18)16(19)24-9)14-8(2)12(6-21)17(22)23-15(14)11(7)5-20/h3-4H,1-2H3,(H2,22,23)/b10-3-. The molecule has 0 bridgehead atoms. The fourth-order valence-electron chi connectivity index (χ4n) is 2.77. The number of anilines is 1. The number of allylic oxidation sites excluding steroid dienone is 3. The quantitative estimate of drug-likeness (QED) is 0.584. The second-order valence-electron chi connectivity index (χ2n) is 5.27. The maximum atomic E-state index is 9.51. The molecule has 0 unspecified atom stereocenters. The Balaban J connectivity index is 2.33. The van der Waals surface area contributed by atoms with E-state index >= 15 is 0 Å². The zero-order valence-electron chi connectivity index (χ0n) is 12.7. The van der Waals surface area contributed by atoms with Crippen molar-refractivity contribution < 1.29 is 4.42 Å². The van der Waals surface area contributed by atoms with Gasteiger partial charge in [0.1, 0.15) is 23.7 Å². The van der Waals surface area contributed by atoms with E-state index < -0.39 is 0 Å². The van der Waals surface area contributed by atoms with Gasteiger partial charge in [-0.2, -0.15) is 10.5 Å². The number of rotatable bonds is 1. The lowest BCUT2D eigenvalue weighted by Crippen LogP contribution is -2.03. The normalized spacial score (nSPS) is 14.7. The van der Waals surface area contributed by atoms with E-state index in [0.717, 1.165) is 30.5 Å². The highest BCUT2D eigenvalue weighted by Crippen LogP contribution is 2.44. The first-order chi connectivity index (χ1) is 11.4. The van der Waals surface area contributed by atoms with Crippen LogP contribution in [0.5, 0.6) is 0 Å². The molecule has 0 fully saturated rings. The van der Waals surface area contributed by atoms with Crippen LogP contribution in [0.4, 0.5) is 5.82 Å². The van der Waals surface area contributed by atoms with E-state index in [1.807, 2.05) is 26.0 Å². The van der Waals surface area contributed by atoms with Gasteiger partial charge in [0, 0.05) is 28.2 Å². The molecule has 0 radical (unpaired) electrons. The molecule has 1 aliphatic carbocycles. The lowest BCUT2D eigenvalue weighted by molar-refractivity contribution is 0.527. The summed E-state index contributed by atoms with van der Waals surface area (Å²) < 4.78 is 7.28. The number of halogens is 2. The molecular formula is C17H10BrIN4O. The van der Waals surface area contributed by atoms with E-state index in [2.05, 4.69) is 55.6 Å². The molecule has 3 rings (SSSR count). The number of aromatic nitrogens is 1. The Labute approximate surface area is 160 Å². The highest BCUT2D eigenvalue weighted by molar-refractivity contribution is 14.1. The van der Waals surface area contributed by atoms with Gasteiger partial charge in [0.15, 0.2) is 3.77 Å². The summed E-state index contributed by atoms with van der Waals surface area (Å²) in [5, 5.41) is 18.9. The van der Waals surface area contributed by atoms with E-state index in [1.165, 1.54) is 0 Å². The van der Waals surface area contributed by atoms with Crippen molar-refractivity contribution in [2.24, 2.45) is 0 Å². The Morgan fingerprint density at radius 3 is 2.58 bits per heavy atom. The third-order valence-corrected chi connectivity index (χ3v) is 6.07. The molecule has 2 aromatic heterocycles. The van der Waals surface area contributed by atoms with Crippen molar-refractivity contribution in [1.29, 1.82) is 10.5 Å². The molecule has 0 aliphatic heterocycles. The minimum Gasteiger partial charge on any atom is -0.450 e. The van der Waals surface area contributed by atoms with Crippen molar-refractivity contribution in [2.45, 2.75) is 13.8 Å². The third kappa shape index (κ3) is 2.45. The number of nitrogens with two attached hydrogens (primary N) is 1. The molecule has 5 nitrogen and oxygen atoms in total. The molecule has 1 aliphatic rings. The highest BCUT2D eigenvalue weighted by Gasteiger charge is 2.29. The zero-order valence-corrected chi connectivity index (χ0v) is 16.5. The van der Waals surface area contributed by atoms with Crippen molar-refractivity contribution in [3.8, 4) is 12.1 Å². The van der Waals surface area contributed by atoms with Gasteiger partial charge >= 0.3 is 0 Å². The van der Waals surface area contributed by atoms with Crippen LogP contribution in [0.1, 0.15) is 35.1 Å². The second-order valence-corrected chi connectivity index (χ2v) is 7.11. The summed E-state index contributed by atoms with van der Waals surface area (Å²) >= 11 is 5.51. The topological polar surface area (TPSA) is 99.6 Å². The molecule has 2 N–H and O–H groups in total. The Bertz CT molecular complexity index is 1010. The van der Waals surface area contributed by atoms with Crippen LogP contribution in [-0.2, 0) is 0 Å². The SMILES string of the molecule is CC1=C(C#N)c2nc(N)c(C#N)c(C)c2/C1=C\c1cc(Br)c(I)o1. The molecule has 0 amide bonds. The van der Waals surface area contributed by atoms with Gasteiger partial charge in [-0.1, -0.05) is 0 Å². The molecule has 0 spiro atoms. The number of fused-ring (bicyclic) bond motifs is 1. The first kappa shape index (κ1) is 16.7. The lowest BCUT2D eigenvalue weighted by Gasteiger charge is -2.10. The summed E-state index contributed by atoms with van der Waals surface area (Å²) in [6, 6.07) is 6.14. The smallest absolute Gasteiger partial charge is 0.178 e. The second kappa shape index (κ2) is 6.08. The minimum absolute atomic E-state index is 0.144. The fourth-order valence-corrected chi connectivity index (χ4v) is 3.49. The van der Waals surface area contributed by atoms with Crippen LogP contribution in [0, 0.1) is 33.4 Å². The minimum atomic E-state index is 0.144. The molecule has 24 heavy (non-hydrogen) atoms. The molecular weight excluding hydrogens is 483 g/mol. The average Bonchev–Trinajstić information content (AvgIpc) is 2.97. The molecule has 0 aromatic carbocycles. The molecule has 0 atom stereocenters. The van der Waals surface area contributed by atoms with Crippen molar-refractivity contribution in [1.82, 2.24) is 4.98 Å². The Kier molecular flexibility index (Phi) is 4.24. The number of nitriles is 2. The average molecular weight is 493 g/mol. The maximum absolute atomic E-state index is 9.51. The largest absolute Gasteiger partial charge is 0.450 e. The van der Waals surface area contributed by atoms with E-state index in [0.29, 0.717) is 22.6 Å². The third-order valence-electron chi connectivity index (χ3n) is 3.93. The number of nitrogens with zero attached hydrogens (tertiary/aromatic N) is 3. The fraction of sp³-hybridized carbons (Fsp3) is 0.118. The van der Waals surface area contributed by atoms with Crippen LogP contribution >= 0.6 is 38.5 Å². The first-order valence-electron chi connectivity index (χ1n) is 6.87. The van der Waals surface area contributed by atoms with Crippen LogP contribution in [0.25, 0.3) is 17.2 Å². The Hall–Kier alpha value is -2.10. The number of furan rings is 1. The van der Waals surface area contributed by atoms with Gasteiger partial charge in [-0.05, 0) is 58.6 Å². The Morgan fingerprint density at radius 2 is 2.04 bits per heavy atom. The van der Waals surface area contributed by atoms with Gasteiger partial charge in [-0.25, -0.2) is 4.98 Å². The van der Waals surface area contributed by atoms with E-state index in [4.69, 9.17) is 10.2 Å². The van der Waals surface area contributed by atoms with E-state index in [1.54, 1.807) is 0 Å².